The second-order valence-corrected chi connectivity index (χ2v) is 8.29. The van der Waals surface area contributed by atoms with Crippen LogP contribution in [0.25, 0.3) is 0 Å². The number of hydrogen-bond donors (Lipinski definition) is 1. The Hall–Kier alpha value is -3.15. The molecular weight excluding hydrogens is 366 g/mol. The molecule has 1 aliphatic heterocycles. The van der Waals surface area contributed by atoms with Crippen LogP contribution in [0.4, 0.5) is 5.69 Å². The third-order valence-electron chi connectivity index (χ3n) is 5.15. The number of hydrogen-bond acceptors (Lipinski definition) is 3. The van der Waals surface area contributed by atoms with E-state index in [0.717, 1.165) is 12.1 Å². The van der Waals surface area contributed by atoms with Crippen molar-refractivity contribution in [3.8, 4) is 0 Å². The first-order chi connectivity index (χ1) is 13.8. The van der Waals surface area contributed by atoms with E-state index in [4.69, 9.17) is 0 Å². The van der Waals surface area contributed by atoms with Crippen molar-refractivity contribution in [2.45, 2.75) is 26.2 Å². The molecule has 0 saturated carbocycles. The van der Waals surface area contributed by atoms with Crippen molar-refractivity contribution >= 4 is 23.9 Å². The number of carbonyl (C=O) groups is 3. The van der Waals surface area contributed by atoms with Crippen molar-refractivity contribution in [3.05, 3.63) is 65.2 Å². The van der Waals surface area contributed by atoms with Gasteiger partial charge in [-0.2, -0.15) is 0 Å². The molecule has 3 rings (SSSR count). The molecule has 29 heavy (non-hydrogen) atoms. The first kappa shape index (κ1) is 20.6. The van der Waals surface area contributed by atoms with Gasteiger partial charge < -0.3 is 15.1 Å². The van der Waals surface area contributed by atoms with E-state index in [9.17, 15) is 14.4 Å². The third-order valence-corrected chi connectivity index (χ3v) is 5.15. The number of nitrogens with one attached hydrogen (secondary N) is 1. The van der Waals surface area contributed by atoms with Gasteiger partial charge in [0.2, 0.25) is 6.41 Å². The van der Waals surface area contributed by atoms with Crippen LogP contribution in [0.3, 0.4) is 0 Å². The number of rotatable bonds is 4. The van der Waals surface area contributed by atoms with Gasteiger partial charge in [0.15, 0.2) is 0 Å². The van der Waals surface area contributed by atoms with Gasteiger partial charge >= 0.3 is 0 Å². The van der Waals surface area contributed by atoms with Gasteiger partial charge in [-0.25, -0.2) is 0 Å². The maximum absolute atomic E-state index is 12.6. The summed E-state index contributed by atoms with van der Waals surface area (Å²) in [5.74, 6) is -0.299. The lowest BCUT2D eigenvalue weighted by atomic mass is 9.87. The molecule has 2 aromatic carbocycles. The summed E-state index contributed by atoms with van der Waals surface area (Å²) in [7, 11) is 0. The average molecular weight is 393 g/mol. The minimum absolute atomic E-state index is 0.0603. The maximum Gasteiger partial charge on any atom is 0.255 e. The van der Waals surface area contributed by atoms with Gasteiger partial charge in [-0.05, 0) is 47.4 Å². The largest absolute Gasteiger partial charge is 0.342 e. The van der Waals surface area contributed by atoms with Crippen molar-refractivity contribution in [3.63, 3.8) is 0 Å². The molecule has 6 nitrogen and oxygen atoms in total. The zero-order valence-electron chi connectivity index (χ0n) is 17.1. The predicted molar refractivity (Wildman–Crippen MR) is 113 cm³/mol. The quantitative estimate of drug-likeness (QED) is 0.812. The summed E-state index contributed by atoms with van der Waals surface area (Å²) >= 11 is 0. The van der Waals surface area contributed by atoms with Crippen LogP contribution in [0.5, 0.6) is 0 Å². The Kier molecular flexibility index (Phi) is 6.01. The minimum atomic E-state index is -0.216. The van der Waals surface area contributed by atoms with Gasteiger partial charge in [0.1, 0.15) is 0 Å². The summed E-state index contributed by atoms with van der Waals surface area (Å²) in [6.45, 7) is 8.56. The van der Waals surface area contributed by atoms with Gasteiger partial charge in [0.05, 0.1) is 0 Å². The highest BCUT2D eigenvalue weighted by Gasteiger charge is 2.21. The summed E-state index contributed by atoms with van der Waals surface area (Å²) in [6, 6.07) is 14.5. The van der Waals surface area contributed by atoms with E-state index in [1.807, 2.05) is 24.3 Å². The number of benzene rings is 2. The Labute approximate surface area is 171 Å². The van der Waals surface area contributed by atoms with Crippen LogP contribution < -0.4 is 5.32 Å². The first-order valence-corrected chi connectivity index (χ1v) is 9.78. The standard InChI is InChI=1S/C23H27N3O3/c1-23(2,3)19-8-10-20(11-9-19)24-21(28)17-4-6-18(7-5-17)22(29)26-14-12-25(16-27)13-15-26/h4-11,16H,12-15H2,1-3H3,(H,24,28). The van der Waals surface area contributed by atoms with Crippen LogP contribution in [0, 0.1) is 0 Å². The molecule has 1 N–H and O–H groups in total. The number of amides is 3. The van der Waals surface area contributed by atoms with Gasteiger partial charge in [-0.15, -0.1) is 0 Å². The fraction of sp³-hybridized carbons (Fsp3) is 0.348. The molecule has 0 aromatic heterocycles. The molecule has 1 saturated heterocycles. The normalized spacial score (nSPS) is 14.4. The van der Waals surface area contributed by atoms with Crippen LogP contribution in [0.15, 0.2) is 48.5 Å². The summed E-state index contributed by atoms with van der Waals surface area (Å²) in [5.41, 5.74) is 3.02. The average Bonchev–Trinajstić information content (AvgIpc) is 2.73. The smallest absolute Gasteiger partial charge is 0.255 e. The minimum Gasteiger partial charge on any atom is -0.342 e. The molecule has 0 spiro atoms. The van der Waals surface area contributed by atoms with Gasteiger partial charge in [-0.3, -0.25) is 14.4 Å². The first-order valence-electron chi connectivity index (χ1n) is 9.78. The lowest BCUT2D eigenvalue weighted by molar-refractivity contribution is -0.119. The SMILES string of the molecule is CC(C)(C)c1ccc(NC(=O)c2ccc(C(=O)N3CCN(C=O)CC3)cc2)cc1. The van der Waals surface area contributed by atoms with Crippen molar-refractivity contribution in [1.82, 2.24) is 9.80 Å². The van der Waals surface area contributed by atoms with Crippen molar-refractivity contribution in [1.29, 1.82) is 0 Å². The van der Waals surface area contributed by atoms with E-state index in [-0.39, 0.29) is 17.2 Å². The van der Waals surface area contributed by atoms with E-state index in [1.54, 1.807) is 34.1 Å². The van der Waals surface area contributed by atoms with Crippen LogP contribution in [0.2, 0.25) is 0 Å². The third kappa shape index (κ3) is 5.02. The lowest BCUT2D eigenvalue weighted by Gasteiger charge is -2.32. The zero-order chi connectivity index (χ0) is 21.0. The Morgan fingerprint density at radius 2 is 1.41 bits per heavy atom. The molecule has 1 fully saturated rings. The highest BCUT2D eigenvalue weighted by Crippen LogP contribution is 2.23. The molecule has 0 radical (unpaired) electrons. The molecule has 0 unspecified atom stereocenters. The Morgan fingerprint density at radius 1 is 0.862 bits per heavy atom. The molecule has 152 valence electrons. The molecule has 0 bridgehead atoms. The van der Waals surface area contributed by atoms with Crippen molar-refractivity contribution in [2.24, 2.45) is 0 Å². The summed E-state index contributed by atoms with van der Waals surface area (Å²) < 4.78 is 0. The van der Waals surface area contributed by atoms with E-state index in [2.05, 4.69) is 26.1 Å². The van der Waals surface area contributed by atoms with Crippen LogP contribution >= 0.6 is 0 Å². The summed E-state index contributed by atoms with van der Waals surface area (Å²) in [4.78, 5) is 39.3. The van der Waals surface area contributed by atoms with Crippen LogP contribution in [0.1, 0.15) is 47.1 Å². The molecule has 2 aromatic rings. The van der Waals surface area contributed by atoms with Gasteiger partial charge in [-0.1, -0.05) is 32.9 Å². The Bertz CT molecular complexity index is 875. The second kappa shape index (κ2) is 8.47. The Morgan fingerprint density at radius 3 is 1.93 bits per heavy atom. The van der Waals surface area contributed by atoms with E-state index < -0.39 is 0 Å². The number of anilines is 1. The molecular formula is C23H27N3O3. The van der Waals surface area contributed by atoms with E-state index in [0.29, 0.717) is 37.3 Å². The molecule has 0 atom stereocenters. The van der Waals surface area contributed by atoms with E-state index >= 15 is 0 Å². The summed E-state index contributed by atoms with van der Waals surface area (Å²) in [6.07, 6.45) is 0.811. The maximum atomic E-state index is 12.6. The number of nitrogens with zero attached hydrogens (tertiary/aromatic N) is 2. The molecule has 1 heterocycles. The lowest BCUT2D eigenvalue weighted by Crippen LogP contribution is -2.48. The monoisotopic (exact) mass is 393 g/mol. The topological polar surface area (TPSA) is 69.7 Å². The summed E-state index contributed by atoms with van der Waals surface area (Å²) in [5, 5.41) is 2.89. The zero-order valence-corrected chi connectivity index (χ0v) is 17.1. The number of piperazine rings is 1. The van der Waals surface area contributed by atoms with Gasteiger partial charge in [0, 0.05) is 43.0 Å². The highest BCUT2D eigenvalue weighted by atomic mass is 16.2. The fourth-order valence-corrected chi connectivity index (χ4v) is 3.23. The molecule has 0 aliphatic carbocycles. The molecule has 3 amide bonds. The molecule has 1 aliphatic rings. The van der Waals surface area contributed by atoms with Crippen LogP contribution in [-0.4, -0.2) is 54.2 Å². The van der Waals surface area contributed by atoms with E-state index in [1.165, 1.54) is 5.56 Å². The Balaban J connectivity index is 1.61. The number of carbonyl (C=O) groups excluding carboxylic acids is 3. The van der Waals surface area contributed by atoms with Gasteiger partial charge in [0.25, 0.3) is 11.8 Å². The second-order valence-electron chi connectivity index (χ2n) is 8.29. The van der Waals surface area contributed by atoms with Crippen molar-refractivity contribution in [2.75, 3.05) is 31.5 Å². The molecule has 6 heteroatoms. The fourth-order valence-electron chi connectivity index (χ4n) is 3.23. The highest BCUT2D eigenvalue weighted by molar-refractivity contribution is 6.05. The predicted octanol–water partition coefficient (Wildman–Crippen LogP) is 3.15. The van der Waals surface area contributed by atoms with Crippen LogP contribution in [-0.2, 0) is 10.2 Å². The van der Waals surface area contributed by atoms with Crippen molar-refractivity contribution < 1.29 is 14.4 Å².